The fraction of sp³-hybridized carbons (Fsp3) is 0.261. The van der Waals surface area contributed by atoms with Gasteiger partial charge in [-0.2, -0.15) is 8.78 Å². The number of alkyl halides is 2. The lowest BCUT2D eigenvalue weighted by atomic mass is 10.1. The first-order valence-electron chi connectivity index (χ1n) is 10.1. The van der Waals surface area contributed by atoms with Gasteiger partial charge in [0.15, 0.2) is 0 Å². The van der Waals surface area contributed by atoms with Gasteiger partial charge in [-0.25, -0.2) is 15.0 Å². The Hall–Kier alpha value is -3.59. The monoisotopic (exact) mass is 439 g/mol. The minimum Gasteiger partial charge on any atom is -0.434 e. The van der Waals surface area contributed by atoms with Crippen LogP contribution < -0.4 is 10.1 Å². The summed E-state index contributed by atoms with van der Waals surface area (Å²) >= 11 is 0. The van der Waals surface area contributed by atoms with Gasteiger partial charge in [0.05, 0.1) is 24.2 Å². The quantitative estimate of drug-likeness (QED) is 0.387. The first kappa shape index (κ1) is 21.6. The molecule has 0 unspecified atom stereocenters. The third-order valence-electron chi connectivity index (χ3n) is 5.03. The summed E-state index contributed by atoms with van der Waals surface area (Å²) in [6, 6.07) is 12.7. The van der Waals surface area contributed by atoms with Gasteiger partial charge in [-0.15, -0.1) is 0 Å². The number of para-hydroxylation sites is 1. The molecule has 32 heavy (non-hydrogen) atoms. The zero-order chi connectivity index (χ0) is 22.5. The van der Waals surface area contributed by atoms with Crippen LogP contribution in [0.2, 0.25) is 0 Å². The molecule has 0 aliphatic carbocycles. The highest BCUT2D eigenvalue weighted by Gasteiger charge is 2.14. The number of rotatable bonds is 9. The third-order valence-corrected chi connectivity index (χ3v) is 5.03. The molecule has 0 aliphatic heterocycles. The Balaban J connectivity index is 1.63. The normalized spacial score (nSPS) is 11.3. The summed E-state index contributed by atoms with van der Waals surface area (Å²) in [5.41, 5.74) is 4.14. The van der Waals surface area contributed by atoms with Crippen LogP contribution in [-0.2, 0) is 11.3 Å². The SMILES string of the molecule is COCCNc1ncc(-c2ccc3nc(C)n(Cc4ccccc4OC(F)F)c3c2)cn1. The van der Waals surface area contributed by atoms with Crippen molar-refractivity contribution in [1.29, 1.82) is 0 Å². The number of hydrogen-bond donors (Lipinski definition) is 1. The molecule has 4 rings (SSSR count). The largest absolute Gasteiger partial charge is 0.434 e. The average molecular weight is 439 g/mol. The van der Waals surface area contributed by atoms with Gasteiger partial charge in [-0.1, -0.05) is 24.3 Å². The predicted octanol–water partition coefficient (Wildman–Crippen LogP) is 4.51. The Labute approximate surface area is 184 Å². The van der Waals surface area contributed by atoms with Crippen molar-refractivity contribution in [2.24, 2.45) is 0 Å². The molecule has 1 N–H and O–H groups in total. The van der Waals surface area contributed by atoms with Gasteiger partial charge in [0.1, 0.15) is 11.6 Å². The van der Waals surface area contributed by atoms with Crippen LogP contribution in [0.25, 0.3) is 22.2 Å². The van der Waals surface area contributed by atoms with Gasteiger partial charge in [0.2, 0.25) is 5.95 Å². The van der Waals surface area contributed by atoms with Crippen molar-refractivity contribution in [3.05, 3.63) is 66.2 Å². The second kappa shape index (κ2) is 9.69. The standard InChI is InChI=1S/C23H23F2N5O2/c1-15-29-19-8-7-16(18-12-27-23(28-13-18)26-9-10-31-2)11-20(19)30(15)14-17-5-3-4-6-21(17)32-22(24)25/h3-8,11-13,22H,9-10,14H2,1-2H3,(H,26,27,28). The number of aryl methyl sites for hydroxylation is 1. The van der Waals surface area contributed by atoms with Crippen LogP contribution in [0.3, 0.4) is 0 Å². The van der Waals surface area contributed by atoms with Crippen LogP contribution >= 0.6 is 0 Å². The predicted molar refractivity (Wildman–Crippen MR) is 118 cm³/mol. The Morgan fingerprint density at radius 1 is 1.06 bits per heavy atom. The first-order valence-corrected chi connectivity index (χ1v) is 10.1. The molecule has 166 valence electrons. The summed E-state index contributed by atoms with van der Waals surface area (Å²) in [5.74, 6) is 1.46. The molecule has 7 nitrogen and oxygen atoms in total. The molecular weight excluding hydrogens is 416 g/mol. The molecule has 2 heterocycles. The minimum absolute atomic E-state index is 0.157. The smallest absolute Gasteiger partial charge is 0.387 e. The van der Waals surface area contributed by atoms with E-state index in [1.54, 1.807) is 43.8 Å². The van der Waals surface area contributed by atoms with Crippen molar-refractivity contribution >= 4 is 17.0 Å². The van der Waals surface area contributed by atoms with E-state index >= 15 is 0 Å². The first-order chi connectivity index (χ1) is 15.5. The number of fused-ring (bicyclic) bond motifs is 1. The Kier molecular flexibility index (Phi) is 6.55. The molecule has 0 bridgehead atoms. The molecule has 9 heteroatoms. The maximum absolute atomic E-state index is 12.8. The molecular formula is C23H23F2N5O2. The Morgan fingerprint density at radius 2 is 1.84 bits per heavy atom. The van der Waals surface area contributed by atoms with Crippen molar-refractivity contribution in [2.45, 2.75) is 20.1 Å². The number of methoxy groups -OCH3 is 1. The summed E-state index contributed by atoms with van der Waals surface area (Å²) in [6.07, 6.45) is 3.51. The maximum Gasteiger partial charge on any atom is 0.387 e. The molecule has 4 aromatic rings. The van der Waals surface area contributed by atoms with Crippen LogP contribution in [0.5, 0.6) is 5.75 Å². The Morgan fingerprint density at radius 3 is 2.59 bits per heavy atom. The molecule has 0 atom stereocenters. The summed E-state index contributed by atoms with van der Waals surface area (Å²) in [7, 11) is 1.64. The van der Waals surface area contributed by atoms with Crippen LogP contribution in [0, 0.1) is 6.92 Å². The van der Waals surface area contributed by atoms with E-state index in [4.69, 9.17) is 4.74 Å². The molecule has 2 aromatic carbocycles. The third kappa shape index (κ3) is 4.83. The number of benzene rings is 2. The summed E-state index contributed by atoms with van der Waals surface area (Å²) < 4.78 is 37.3. The fourth-order valence-corrected chi connectivity index (χ4v) is 3.47. The number of anilines is 1. The van der Waals surface area contributed by atoms with E-state index in [1.165, 1.54) is 0 Å². The second-order valence-electron chi connectivity index (χ2n) is 7.15. The minimum atomic E-state index is -2.88. The van der Waals surface area contributed by atoms with E-state index in [0.717, 1.165) is 28.0 Å². The van der Waals surface area contributed by atoms with Gasteiger partial charge in [0.25, 0.3) is 0 Å². The van der Waals surface area contributed by atoms with E-state index in [0.29, 0.717) is 31.2 Å². The molecule has 2 aromatic heterocycles. The van der Waals surface area contributed by atoms with E-state index < -0.39 is 6.61 Å². The average Bonchev–Trinajstić information content (AvgIpc) is 3.10. The summed E-state index contributed by atoms with van der Waals surface area (Å²) in [6.45, 7) is 0.552. The highest BCUT2D eigenvalue weighted by Crippen LogP contribution is 2.27. The zero-order valence-corrected chi connectivity index (χ0v) is 17.8. The number of imidazole rings is 1. The van der Waals surface area contributed by atoms with Gasteiger partial charge in [-0.3, -0.25) is 0 Å². The van der Waals surface area contributed by atoms with Crippen LogP contribution in [0.1, 0.15) is 11.4 Å². The van der Waals surface area contributed by atoms with E-state index in [9.17, 15) is 8.78 Å². The maximum atomic E-state index is 12.8. The van der Waals surface area contributed by atoms with Crippen molar-refractivity contribution in [2.75, 3.05) is 25.6 Å². The number of nitrogens with one attached hydrogen (secondary N) is 1. The van der Waals surface area contributed by atoms with Crippen molar-refractivity contribution in [1.82, 2.24) is 19.5 Å². The lowest BCUT2D eigenvalue weighted by Crippen LogP contribution is -2.09. The lowest BCUT2D eigenvalue weighted by molar-refractivity contribution is -0.0504. The van der Waals surface area contributed by atoms with Gasteiger partial charge >= 0.3 is 6.61 Å². The molecule has 0 spiro atoms. The molecule has 0 fully saturated rings. The number of halogens is 2. The van der Waals surface area contributed by atoms with Gasteiger partial charge in [0, 0.05) is 37.2 Å². The highest BCUT2D eigenvalue weighted by atomic mass is 19.3. The van der Waals surface area contributed by atoms with E-state index in [-0.39, 0.29) is 5.75 Å². The number of nitrogens with zero attached hydrogens (tertiary/aromatic N) is 4. The number of hydrogen-bond acceptors (Lipinski definition) is 6. The lowest BCUT2D eigenvalue weighted by Gasteiger charge is -2.13. The van der Waals surface area contributed by atoms with Crippen LogP contribution in [-0.4, -0.2) is 46.4 Å². The second-order valence-corrected chi connectivity index (χ2v) is 7.15. The summed E-state index contributed by atoms with van der Waals surface area (Å²) in [5, 5.41) is 3.09. The topological polar surface area (TPSA) is 74.1 Å². The highest BCUT2D eigenvalue weighted by molar-refractivity contribution is 5.82. The van der Waals surface area contributed by atoms with Crippen molar-refractivity contribution in [3.8, 4) is 16.9 Å². The number of aromatic nitrogens is 4. The molecule has 0 amide bonds. The van der Waals surface area contributed by atoms with Gasteiger partial charge in [-0.05, 0) is 30.7 Å². The Bertz CT molecular complexity index is 1190. The van der Waals surface area contributed by atoms with Crippen LogP contribution in [0.15, 0.2) is 54.9 Å². The molecule has 0 saturated heterocycles. The van der Waals surface area contributed by atoms with E-state index in [2.05, 4.69) is 25.0 Å². The van der Waals surface area contributed by atoms with Crippen molar-refractivity contribution < 1.29 is 18.3 Å². The van der Waals surface area contributed by atoms with Crippen LogP contribution in [0.4, 0.5) is 14.7 Å². The number of ether oxygens (including phenoxy) is 2. The summed E-state index contributed by atoms with van der Waals surface area (Å²) in [4.78, 5) is 13.3. The molecule has 0 saturated carbocycles. The fourth-order valence-electron chi connectivity index (χ4n) is 3.47. The molecule has 0 aliphatic rings. The van der Waals surface area contributed by atoms with Gasteiger partial charge < -0.3 is 19.4 Å². The van der Waals surface area contributed by atoms with Crippen molar-refractivity contribution in [3.63, 3.8) is 0 Å². The molecule has 0 radical (unpaired) electrons. The zero-order valence-electron chi connectivity index (χ0n) is 17.8. The van der Waals surface area contributed by atoms with E-state index in [1.807, 2.05) is 29.7 Å².